The highest BCUT2D eigenvalue weighted by molar-refractivity contribution is 6.59. The minimum atomic E-state index is -1.55. The molecule has 0 heterocycles. The Kier molecular flexibility index (Phi) is 4.25. The molecule has 0 radical (unpaired) electrons. The number of benzene rings is 6. The predicted octanol–water partition coefficient (Wildman–Crippen LogP) is 2.81. The van der Waals surface area contributed by atoms with Gasteiger partial charge in [-0.05, 0) is 64.8 Å². The van der Waals surface area contributed by atoms with Crippen LogP contribution in [-0.2, 0) is 0 Å². The Morgan fingerprint density at radius 1 is 0.375 bits per heavy atom. The Morgan fingerprint density at radius 2 is 0.688 bits per heavy atom. The molecule has 6 aromatic rings. The van der Waals surface area contributed by atoms with Crippen molar-refractivity contribution < 1.29 is 20.1 Å². The minimum Gasteiger partial charge on any atom is -0.423 e. The standard InChI is InChI=1S/C26H18B2O4/c29-27(30)20-11-9-15-1-3-17-5-7-19-8-6-18-4-2-16-10-12-21(28(31)32)14-23(16)25(18)26(19)24(17)22(15)13-20/h1-14,29-32H. The van der Waals surface area contributed by atoms with Gasteiger partial charge >= 0.3 is 14.2 Å². The average Bonchev–Trinajstić information content (AvgIpc) is 2.82. The monoisotopic (exact) mass is 416 g/mol. The summed E-state index contributed by atoms with van der Waals surface area (Å²) in [6.07, 6.45) is 0. The van der Waals surface area contributed by atoms with Crippen molar-refractivity contribution in [1.29, 1.82) is 0 Å². The van der Waals surface area contributed by atoms with Crippen LogP contribution in [0.4, 0.5) is 0 Å². The van der Waals surface area contributed by atoms with Gasteiger partial charge in [-0.25, -0.2) is 0 Å². The average molecular weight is 416 g/mol. The minimum absolute atomic E-state index is 0.442. The smallest absolute Gasteiger partial charge is 0.423 e. The fourth-order valence-corrected chi connectivity index (χ4v) is 4.86. The molecule has 0 bridgehead atoms. The topological polar surface area (TPSA) is 80.9 Å². The second-order valence-electron chi connectivity index (χ2n) is 8.27. The Hall–Kier alpha value is -3.41. The highest BCUT2D eigenvalue weighted by Crippen LogP contribution is 2.39. The van der Waals surface area contributed by atoms with Gasteiger partial charge in [-0.3, -0.25) is 0 Å². The second kappa shape index (κ2) is 7.05. The normalized spacial score (nSPS) is 11.8. The lowest BCUT2D eigenvalue weighted by Gasteiger charge is -2.14. The largest absolute Gasteiger partial charge is 0.488 e. The van der Waals surface area contributed by atoms with Crippen LogP contribution < -0.4 is 10.9 Å². The van der Waals surface area contributed by atoms with Gasteiger partial charge < -0.3 is 20.1 Å². The van der Waals surface area contributed by atoms with Crippen molar-refractivity contribution >= 4 is 79.0 Å². The van der Waals surface area contributed by atoms with E-state index in [1.807, 2.05) is 36.4 Å². The zero-order chi connectivity index (χ0) is 22.0. The summed E-state index contributed by atoms with van der Waals surface area (Å²) < 4.78 is 0. The Bertz CT molecular complexity index is 1560. The number of hydrogen-bond donors (Lipinski definition) is 4. The van der Waals surface area contributed by atoms with Crippen LogP contribution in [0.1, 0.15) is 0 Å². The third-order valence-corrected chi connectivity index (χ3v) is 6.43. The lowest BCUT2D eigenvalue weighted by molar-refractivity contribution is 0.424. The first kappa shape index (κ1) is 19.3. The summed E-state index contributed by atoms with van der Waals surface area (Å²) >= 11 is 0. The zero-order valence-corrected chi connectivity index (χ0v) is 17.0. The van der Waals surface area contributed by atoms with Gasteiger partial charge in [0.05, 0.1) is 0 Å². The van der Waals surface area contributed by atoms with Crippen LogP contribution in [0.2, 0.25) is 0 Å². The first-order valence-corrected chi connectivity index (χ1v) is 10.5. The van der Waals surface area contributed by atoms with E-state index in [1.165, 1.54) is 0 Å². The van der Waals surface area contributed by atoms with Crippen molar-refractivity contribution in [1.82, 2.24) is 0 Å². The van der Waals surface area contributed by atoms with Crippen molar-refractivity contribution in [2.75, 3.05) is 0 Å². The van der Waals surface area contributed by atoms with Crippen LogP contribution >= 0.6 is 0 Å². The van der Waals surface area contributed by atoms with Gasteiger partial charge in [0.1, 0.15) is 0 Å². The van der Waals surface area contributed by atoms with Gasteiger partial charge in [-0.2, -0.15) is 0 Å². The highest BCUT2D eigenvalue weighted by Gasteiger charge is 2.16. The molecule has 0 atom stereocenters. The zero-order valence-electron chi connectivity index (χ0n) is 17.0. The molecule has 0 aliphatic heterocycles. The molecule has 0 fully saturated rings. The van der Waals surface area contributed by atoms with Gasteiger partial charge in [-0.1, -0.05) is 84.9 Å². The Balaban J connectivity index is 1.91. The van der Waals surface area contributed by atoms with E-state index in [-0.39, 0.29) is 0 Å². The molecule has 152 valence electrons. The summed E-state index contributed by atoms with van der Waals surface area (Å²) in [6, 6.07) is 27.6. The van der Waals surface area contributed by atoms with Crippen LogP contribution in [-0.4, -0.2) is 34.3 Å². The van der Waals surface area contributed by atoms with Crippen LogP contribution in [0, 0.1) is 0 Å². The van der Waals surface area contributed by atoms with Gasteiger partial charge in [-0.15, -0.1) is 0 Å². The maximum Gasteiger partial charge on any atom is 0.488 e. The van der Waals surface area contributed by atoms with Gasteiger partial charge in [0.25, 0.3) is 0 Å². The van der Waals surface area contributed by atoms with Gasteiger partial charge in [0, 0.05) is 0 Å². The SMILES string of the molecule is OB(O)c1ccc2ccc3ccc4ccc5ccc6ccc(B(O)O)cc6c5c4c3c2c1. The number of hydrogen-bond acceptors (Lipinski definition) is 4. The van der Waals surface area contributed by atoms with Crippen molar-refractivity contribution in [2.24, 2.45) is 0 Å². The quantitative estimate of drug-likeness (QED) is 0.259. The van der Waals surface area contributed by atoms with Crippen molar-refractivity contribution in [3.63, 3.8) is 0 Å². The predicted molar refractivity (Wildman–Crippen MR) is 134 cm³/mol. The van der Waals surface area contributed by atoms with Crippen molar-refractivity contribution in [3.8, 4) is 0 Å². The fraction of sp³-hybridized carbons (Fsp3) is 0. The Morgan fingerprint density at radius 3 is 1.06 bits per heavy atom. The molecule has 0 aromatic heterocycles. The third kappa shape index (κ3) is 2.82. The molecule has 32 heavy (non-hydrogen) atoms. The van der Waals surface area contributed by atoms with E-state index in [0.29, 0.717) is 10.9 Å². The van der Waals surface area contributed by atoms with E-state index in [9.17, 15) is 20.1 Å². The van der Waals surface area contributed by atoms with Crippen LogP contribution in [0.3, 0.4) is 0 Å². The molecule has 0 unspecified atom stereocenters. The fourth-order valence-electron chi connectivity index (χ4n) is 4.86. The maximum absolute atomic E-state index is 9.77. The number of fused-ring (bicyclic) bond motifs is 9. The van der Waals surface area contributed by atoms with Crippen LogP contribution in [0.25, 0.3) is 53.9 Å². The van der Waals surface area contributed by atoms with Crippen LogP contribution in [0.15, 0.2) is 84.9 Å². The Labute approximate surface area is 184 Å². The molecule has 0 saturated carbocycles. The molecule has 0 spiro atoms. The second-order valence-corrected chi connectivity index (χ2v) is 8.27. The molecule has 0 saturated heterocycles. The molecular weight excluding hydrogens is 398 g/mol. The lowest BCUT2D eigenvalue weighted by Crippen LogP contribution is -2.29. The molecular formula is C26H18B2O4. The third-order valence-electron chi connectivity index (χ3n) is 6.43. The summed E-state index contributed by atoms with van der Waals surface area (Å²) in [4.78, 5) is 0. The van der Waals surface area contributed by atoms with Crippen LogP contribution in [0.5, 0.6) is 0 Å². The lowest BCUT2D eigenvalue weighted by atomic mass is 9.78. The van der Waals surface area contributed by atoms with Crippen molar-refractivity contribution in [2.45, 2.75) is 0 Å². The number of rotatable bonds is 2. The van der Waals surface area contributed by atoms with E-state index in [4.69, 9.17) is 0 Å². The summed E-state index contributed by atoms with van der Waals surface area (Å²) in [6.45, 7) is 0. The molecule has 6 aromatic carbocycles. The molecule has 0 aliphatic rings. The molecule has 6 rings (SSSR count). The summed E-state index contributed by atoms with van der Waals surface area (Å²) in [7, 11) is -3.09. The summed E-state index contributed by atoms with van der Waals surface area (Å²) in [5.74, 6) is 0. The molecule has 0 amide bonds. The van der Waals surface area contributed by atoms with E-state index in [1.54, 1.807) is 12.1 Å². The first-order valence-electron chi connectivity index (χ1n) is 10.5. The van der Waals surface area contributed by atoms with E-state index >= 15 is 0 Å². The van der Waals surface area contributed by atoms with Gasteiger partial charge in [0.2, 0.25) is 0 Å². The molecule has 4 N–H and O–H groups in total. The van der Waals surface area contributed by atoms with Gasteiger partial charge in [0.15, 0.2) is 0 Å². The van der Waals surface area contributed by atoms with E-state index < -0.39 is 14.2 Å². The first-order chi connectivity index (χ1) is 15.5. The maximum atomic E-state index is 9.77. The van der Waals surface area contributed by atoms with E-state index in [0.717, 1.165) is 53.9 Å². The molecule has 6 heteroatoms. The van der Waals surface area contributed by atoms with Crippen molar-refractivity contribution in [3.05, 3.63) is 84.9 Å². The summed E-state index contributed by atoms with van der Waals surface area (Å²) in [5, 5.41) is 49.3. The molecule has 4 nitrogen and oxygen atoms in total. The van der Waals surface area contributed by atoms with E-state index in [2.05, 4.69) is 36.4 Å². The highest BCUT2D eigenvalue weighted by atomic mass is 16.4. The molecule has 0 aliphatic carbocycles. The summed E-state index contributed by atoms with van der Waals surface area (Å²) in [5.41, 5.74) is 0.885.